The van der Waals surface area contributed by atoms with Crippen molar-refractivity contribution in [2.45, 2.75) is 0 Å². The normalized spacial score (nSPS) is 10.6. The van der Waals surface area contributed by atoms with Crippen LogP contribution in [0.3, 0.4) is 0 Å². The van der Waals surface area contributed by atoms with E-state index in [0.717, 1.165) is 11.1 Å². The Labute approximate surface area is 143 Å². The maximum atomic E-state index is 11.5. The Bertz CT molecular complexity index is 829. The molecule has 0 atom stereocenters. The molecule has 122 valence electrons. The summed E-state index contributed by atoms with van der Waals surface area (Å²) in [5.41, 5.74) is 2.24. The summed E-state index contributed by atoms with van der Waals surface area (Å²) in [5, 5.41) is 7.33. The number of halogens is 1. The number of methoxy groups -OCH3 is 1. The Morgan fingerprint density at radius 1 is 1.12 bits per heavy atom. The number of benzene rings is 2. The van der Waals surface area contributed by atoms with Gasteiger partial charge in [0.25, 0.3) is 5.89 Å². The van der Waals surface area contributed by atoms with Crippen LogP contribution in [0.5, 0.6) is 0 Å². The van der Waals surface area contributed by atoms with Crippen molar-refractivity contribution < 1.29 is 14.1 Å². The Kier molecular flexibility index (Phi) is 4.88. The van der Waals surface area contributed by atoms with Gasteiger partial charge in [-0.3, -0.25) is 4.79 Å². The molecule has 0 radical (unpaired) electrons. The first kappa shape index (κ1) is 16.2. The predicted molar refractivity (Wildman–Crippen MR) is 90.7 cm³/mol. The third-order valence-corrected chi connectivity index (χ3v) is 3.47. The molecule has 1 aromatic heterocycles. The van der Waals surface area contributed by atoms with E-state index in [0.29, 0.717) is 22.4 Å². The number of rotatable bonds is 5. The minimum absolute atomic E-state index is 0.00978. The molecule has 0 spiro atoms. The average Bonchev–Trinajstić information content (AvgIpc) is 3.06. The molecule has 0 aliphatic rings. The van der Waals surface area contributed by atoms with E-state index in [2.05, 4.69) is 15.5 Å². The third-order valence-electron chi connectivity index (χ3n) is 3.22. The second kappa shape index (κ2) is 7.25. The van der Waals surface area contributed by atoms with E-state index < -0.39 is 0 Å². The molecule has 3 aromatic rings. The van der Waals surface area contributed by atoms with Gasteiger partial charge in [0.05, 0.1) is 0 Å². The predicted octanol–water partition coefficient (Wildman–Crippen LogP) is 3.64. The summed E-state index contributed by atoms with van der Waals surface area (Å²) in [6.07, 6.45) is 0. The number of nitrogens with one attached hydrogen (secondary N) is 1. The zero-order valence-corrected chi connectivity index (χ0v) is 13.6. The first-order valence-electron chi connectivity index (χ1n) is 7.14. The second-order valence-corrected chi connectivity index (χ2v) is 5.43. The fourth-order valence-corrected chi connectivity index (χ4v) is 2.21. The zero-order valence-electron chi connectivity index (χ0n) is 12.8. The lowest BCUT2D eigenvalue weighted by molar-refractivity contribution is -0.119. The molecule has 0 saturated carbocycles. The lowest BCUT2D eigenvalue weighted by Crippen LogP contribution is -2.16. The summed E-state index contributed by atoms with van der Waals surface area (Å²) in [7, 11) is 1.47. The molecule has 1 heterocycles. The van der Waals surface area contributed by atoms with Crippen LogP contribution in [0.4, 0.5) is 5.69 Å². The number of ether oxygens (including phenoxy) is 1. The fourth-order valence-electron chi connectivity index (χ4n) is 2.08. The van der Waals surface area contributed by atoms with Crippen molar-refractivity contribution >= 4 is 23.2 Å². The summed E-state index contributed by atoms with van der Waals surface area (Å²) < 4.78 is 10.1. The van der Waals surface area contributed by atoms with Crippen LogP contribution < -0.4 is 5.32 Å². The van der Waals surface area contributed by atoms with E-state index in [9.17, 15) is 4.79 Å². The first-order valence-corrected chi connectivity index (χ1v) is 7.52. The van der Waals surface area contributed by atoms with Crippen molar-refractivity contribution in [1.82, 2.24) is 10.1 Å². The maximum Gasteiger partial charge on any atom is 0.258 e. The number of hydrogen-bond donors (Lipinski definition) is 1. The van der Waals surface area contributed by atoms with Gasteiger partial charge in [-0.2, -0.15) is 4.98 Å². The van der Waals surface area contributed by atoms with Crippen LogP contribution in [0.15, 0.2) is 53.1 Å². The lowest BCUT2D eigenvalue weighted by Gasteiger charge is -2.04. The second-order valence-electron chi connectivity index (χ2n) is 4.99. The Morgan fingerprint density at radius 2 is 1.79 bits per heavy atom. The first-order chi connectivity index (χ1) is 11.7. The monoisotopic (exact) mass is 343 g/mol. The fraction of sp³-hybridized carbons (Fsp3) is 0.118. The van der Waals surface area contributed by atoms with Gasteiger partial charge < -0.3 is 14.6 Å². The molecular weight excluding hydrogens is 330 g/mol. The number of hydrogen-bond acceptors (Lipinski definition) is 5. The van der Waals surface area contributed by atoms with Crippen LogP contribution in [0.2, 0.25) is 5.02 Å². The minimum Gasteiger partial charge on any atom is -0.375 e. The summed E-state index contributed by atoms with van der Waals surface area (Å²) in [6.45, 7) is 0.00978. The Morgan fingerprint density at radius 3 is 2.46 bits per heavy atom. The molecular formula is C17H14ClN3O3. The van der Waals surface area contributed by atoms with E-state index in [4.69, 9.17) is 20.9 Å². The van der Waals surface area contributed by atoms with Crippen LogP contribution in [0.25, 0.3) is 22.8 Å². The molecule has 2 aromatic carbocycles. The Hall–Kier alpha value is -2.70. The molecule has 6 nitrogen and oxygen atoms in total. The van der Waals surface area contributed by atoms with E-state index in [-0.39, 0.29) is 12.5 Å². The highest BCUT2D eigenvalue weighted by molar-refractivity contribution is 6.30. The third kappa shape index (κ3) is 3.79. The highest BCUT2D eigenvalue weighted by atomic mass is 35.5. The van der Waals surface area contributed by atoms with Crippen molar-refractivity contribution in [3.8, 4) is 22.8 Å². The molecule has 0 fully saturated rings. The number of aromatic nitrogens is 2. The molecule has 0 aliphatic carbocycles. The van der Waals surface area contributed by atoms with Crippen LogP contribution in [-0.2, 0) is 9.53 Å². The van der Waals surface area contributed by atoms with Crippen LogP contribution in [0, 0.1) is 0 Å². The molecule has 0 bridgehead atoms. The van der Waals surface area contributed by atoms with Crippen molar-refractivity contribution in [1.29, 1.82) is 0 Å². The smallest absolute Gasteiger partial charge is 0.258 e. The van der Waals surface area contributed by atoms with Gasteiger partial charge in [0.2, 0.25) is 11.7 Å². The van der Waals surface area contributed by atoms with E-state index in [1.807, 2.05) is 12.1 Å². The van der Waals surface area contributed by atoms with Gasteiger partial charge in [-0.25, -0.2) is 0 Å². The van der Waals surface area contributed by atoms with Gasteiger partial charge in [0, 0.05) is 28.9 Å². The number of carbonyl (C=O) groups is 1. The van der Waals surface area contributed by atoms with Crippen LogP contribution in [-0.4, -0.2) is 29.8 Å². The van der Waals surface area contributed by atoms with Gasteiger partial charge in [-0.05, 0) is 48.5 Å². The molecule has 3 rings (SSSR count). The van der Waals surface area contributed by atoms with Crippen molar-refractivity contribution in [3.05, 3.63) is 53.6 Å². The highest BCUT2D eigenvalue weighted by Gasteiger charge is 2.11. The van der Waals surface area contributed by atoms with Gasteiger partial charge in [0.1, 0.15) is 6.61 Å². The highest BCUT2D eigenvalue weighted by Crippen LogP contribution is 2.24. The van der Waals surface area contributed by atoms with Crippen molar-refractivity contribution in [2.75, 3.05) is 19.0 Å². The van der Waals surface area contributed by atoms with Crippen LogP contribution in [0.1, 0.15) is 0 Å². The van der Waals surface area contributed by atoms with Gasteiger partial charge in [-0.15, -0.1) is 0 Å². The molecule has 0 saturated heterocycles. The number of nitrogens with zero attached hydrogens (tertiary/aromatic N) is 2. The zero-order chi connectivity index (χ0) is 16.9. The van der Waals surface area contributed by atoms with E-state index >= 15 is 0 Å². The van der Waals surface area contributed by atoms with Gasteiger partial charge >= 0.3 is 0 Å². The summed E-state index contributed by atoms with van der Waals surface area (Å²) >= 11 is 5.87. The maximum absolute atomic E-state index is 11.5. The average molecular weight is 344 g/mol. The quantitative estimate of drug-likeness (QED) is 0.765. The lowest BCUT2D eigenvalue weighted by atomic mass is 10.2. The molecule has 7 heteroatoms. The number of anilines is 1. The molecule has 0 aliphatic heterocycles. The van der Waals surface area contributed by atoms with Crippen LogP contribution >= 0.6 is 11.6 Å². The summed E-state index contributed by atoms with van der Waals surface area (Å²) in [6, 6.07) is 14.3. The summed E-state index contributed by atoms with van der Waals surface area (Å²) in [4.78, 5) is 15.8. The van der Waals surface area contributed by atoms with Gasteiger partial charge in [-0.1, -0.05) is 16.8 Å². The molecule has 1 N–H and O–H groups in total. The summed E-state index contributed by atoms with van der Waals surface area (Å²) in [5.74, 6) is 0.668. The minimum atomic E-state index is -0.215. The Balaban J connectivity index is 1.75. The van der Waals surface area contributed by atoms with E-state index in [1.165, 1.54) is 7.11 Å². The largest absolute Gasteiger partial charge is 0.375 e. The molecule has 0 unspecified atom stereocenters. The van der Waals surface area contributed by atoms with Crippen molar-refractivity contribution in [3.63, 3.8) is 0 Å². The SMILES string of the molecule is COCC(=O)Nc1ccc(-c2nc(-c3ccc(Cl)cc3)no2)cc1. The van der Waals surface area contributed by atoms with Gasteiger partial charge in [0.15, 0.2) is 0 Å². The molecule has 24 heavy (non-hydrogen) atoms. The molecule has 1 amide bonds. The van der Waals surface area contributed by atoms with E-state index in [1.54, 1.807) is 36.4 Å². The topological polar surface area (TPSA) is 77.2 Å². The number of carbonyl (C=O) groups excluding carboxylic acids is 1. The standard InChI is InChI=1S/C17H14ClN3O3/c1-23-10-15(22)19-14-8-4-12(5-9-14)17-20-16(21-24-17)11-2-6-13(18)7-3-11/h2-9H,10H2,1H3,(H,19,22). The number of amides is 1. The van der Waals surface area contributed by atoms with Crippen molar-refractivity contribution in [2.24, 2.45) is 0 Å².